The summed E-state index contributed by atoms with van der Waals surface area (Å²) in [4.78, 5) is 0. The lowest BCUT2D eigenvalue weighted by molar-refractivity contribution is 0.405. The molecule has 0 aromatic heterocycles. The van der Waals surface area contributed by atoms with Crippen LogP contribution in [0.1, 0.15) is 44.7 Å². The average molecular weight is 221 g/mol. The summed E-state index contributed by atoms with van der Waals surface area (Å²) in [5.74, 6) is 1.53. The second-order valence-electron chi connectivity index (χ2n) is 4.76. The van der Waals surface area contributed by atoms with Crippen LogP contribution in [0.3, 0.4) is 0 Å². The second kappa shape index (κ2) is 5.90. The number of methoxy groups -OCH3 is 1. The van der Waals surface area contributed by atoms with Gasteiger partial charge in [0.05, 0.1) is 7.11 Å². The molecule has 0 saturated heterocycles. The van der Waals surface area contributed by atoms with Crippen LogP contribution < -0.4 is 10.1 Å². The molecule has 16 heavy (non-hydrogen) atoms. The highest BCUT2D eigenvalue weighted by Gasteiger charge is 2.06. The van der Waals surface area contributed by atoms with Gasteiger partial charge in [0.1, 0.15) is 5.75 Å². The standard InChI is InChI=1S/C14H23NO/c1-10(2)12-6-7-13(9-15-11(3)4)14(8-12)16-5/h6-8,10-11,15H,9H2,1-5H3. The van der Waals surface area contributed by atoms with Gasteiger partial charge >= 0.3 is 0 Å². The number of rotatable bonds is 5. The number of hydrogen-bond acceptors (Lipinski definition) is 2. The van der Waals surface area contributed by atoms with E-state index >= 15 is 0 Å². The molecule has 2 nitrogen and oxygen atoms in total. The van der Waals surface area contributed by atoms with Crippen LogP contribution in [-0.4, -0.2) is 13.2 Å². The fraction of sp³-hybridized carbons (Fsp3) is 0.571. The monoisotopic (exact) mass is 221 g/mol. The first-order valence-electron chi connectivity index (χ1n) is 5.94. The maximum absolute atomic E-state index is 5.43. The zero-order valence-corrected chi connectivity index (χ0v) is 11.0. The molecule has 1 N–H and O–H groups in total. The van der Waals surface area contributed by atoms with E-state index in [1.807, 2.05) is 0 Å². The van der Waals surface area contributed by atoms with Crippen molar-refractivity contribution in [1.82, 2.24) is 5.32 Å². The summed E-state index contributed by atoms with van der Waals surface area (Å²) < 4.78 is 5.43. The van der Waals surface area contributed by atoms with E-state index in [2.05, 4.69) is 51.2 Å². The summed E-state index contributed by atoms with van der Waals surface area (Å²) in [5, 5.41) is 3.41. The largest absolute Gasteiger partial charge is 0.496 e. The van der Waals surface area contributed by atoms with Crippen LogP contribution in [0.25, 0.3) is 0 Å². The van der Waals surface area contributed by atoms with Crippen molar-refractivity contribution in [3.05, 3.63) is 29.3 Å². The van der Waals surface area contributed by atoms with E-state index in [0.717, 1.165) is 12.3 Å². The average Bonchev–Trinajstić information content (AvgIpc) is 2.25. The predicted octanol–water partition coefficient (Wildman–Crippen LogP) is 3.32. The van der Waals surface area contributed by atoms with Crippen LogP contribution in [0.4, 0.5) is 0 Å². The molecule has 2 heteroatoms. The van der Waals surface area contributed by atoms with Gasteiger partial charge < -0.3 is 10.1 Å². The van der Waals surface area contributed by atoms with E-state index < -0.39 is 0 Å². The second-order valence-corrected chi connectivity index (χ2v) is 4.76. The van der Waals surface area contributed by atoms with Crippen molar-refractivity contribution >= 4 is 0 Å². The highest BCUT2D eigenvalue weighted by Crippen LogP contribution is 2.24. The van der Waals surface area contributed by atoms with E-state index in [4.69, 9.17) is 4.74 Å². The first-order chi connectivity index (χ1) is 7.54. The Morgan fingerprint density at radius 1 is 1.19 bits per heavy atom. The van der Waals surface area contributed by atoms with Crippen LogP contribution >= 0.6 is 0 Å². The molecule has 0 atom stereocenters. The first kappa shape index (κ1) is 13.0. The summed E-state index contributed by atoms with van der Waals surface area (Å²) in [6.07, 6.45) is 0. The first-order valence-corrected chi connectivity index (χ1v) is 5.94. The summed E-state index contributed by atoms with van der Waals surface area (Å²) in [6.45, 7) is 9.55. The third-order valence-corrected chi connectivity index (χ3v) is 2.68. The minimum Gasteiger partial charge on any atom is -0.496 e. The minimum atomic E-state index is 0.495. The molecule has 1 rings (SSSR count). The van der Waals surface area contributed by atoms with Crippen LogP contribution in [0.2, 0.25) is 0 Å². The molecule has 0 radical (unpaired) electrons. The molecule has 90 valence electrons. The van der Waals surface area contributed by atoms with Gasteiger partial charge in [0.15, 0.2) is 0 Å². The van der Waals surface area contributed by atoms with Gasteiger partial charge in [0, 0.05) is 18.2 Å². The molecule has 0 aliphatic carbocycles. The molecule has 0 heterocycles. The molecule has 0 fully saturated rings. The van der Waals surface area contributed by atoms with Crippen molar-refractivity contribution < 1.29 is 4.74 Å². The molecule has 0 aliphatic heterocycles. The van der Waals surface area contributed by atoms with E-state index in [1.165, 1.54) is 11.1 Å². The summed E-state index contributed by atoms with van der Waals surface area (Å²) in [6, 6.07) is 6.98. The van der Waals surface area contributed by atoms with Crippen LogP contribution in [0, 0.1) is 0 Å². The maximum atomic E-state index is 5.43. The van der Waals surface area contributed by atoms with Gasteiger partial charge in [-0.25, -0.2) is 0 Å². The molecule has 0 aliphatic rings. The van der Waals surface area contributed by atoms with Crippen molar-refractivity contribution in [2.75, 3.05) is 7.11 Å². The quantitative estimate of drug-likeness (QED) is 0.823. The molecule has 1 aromatic rings. The lowest BCUT2D eigenvalue weighted by Crippen LogP contribution is -2.22. The predicted molar refractivity (Wildman–Crippen MR) is 69.1 cm³/mol. The third kappa shape index (κ3) is 3.53. The number of ether oxygens (including phenoxy) is 1. The molecule has 0 saturated carbocycles. The summed E-state index contributed by atoms with van der Waals surface area (Å²) in [7, 11) is 1.73. The highest BCUT2D eigenvalue weighted by molar-refractivity contribution is 5.38. The Balaban J connectivity index is 2.84. The fourth-order valence-corrected chi connectivity index (χ4v) is 1.58. The maximum Gasteiger partial charge on any atom is 0.123 e. The lowest BCUT2D eigenvalue weighted by Gasteiger charge is -2.14. The topological polar surface area (TPSA) is 21.3 Å². The Kier molecular flexibility index (Phi) is 4.81. The minimum absolute atomic E-state index is 0.495. The SMILES string of the molecule is COc1cc(C(C)C)ccc1CNC(C)C. The van der Waals surface area contributed by atoms with Crippen LogP contribution in [-0.2, 0) is 6.54 Å². The molecule has 0 spiro atoms. The van der Waals surface area contributed by atoms with E-state index in [9.17, 15) is 0 Å². The lowest BCUT2D eigenvalue weighted by atomic mass is 10.0. The van der Waals surface area contributed by atoms with E-state index in [-0.39, 0.29) is 0 Å². The Morgan fingerprint density at radius 3 is 2.38 bits per heavy atom. The van der Waals surface area contributed by atoms with Crippen molar-refractivity contribution in [3.8, 4) is 5.75 Å². The van der Waals surface area contributed by atoms with Crippen LogP contribution in [0.5, 0.6) is 5.75 Å². The normalized spacial score (nSPS) is 11.2. The molecular weight excluding hydrogens is 198 g/mol. The smallest absolute Gasteiger partial charge is 0.123 e. The number of hydrogen-bond donors (Lipinski definition) is 1. The van der Waals surface area contributed by atoms with Crippen molar-refractivity contribution in [2.24, 2.45) is 0 Å². The van der Waals surface area contributed by atoms with Crippen molar-refractivity contribution in [1.29, 1.82) is 0 Å². The summed E-state index contributed by atoms with van der Waals surface area (Å²) >= 11 is 0. The third-order valence-electron chi connectivity index (χ3n) is 2.68. The molecule has 0 bridgehead atoms. The van der Waals surface area contributed by atoms with Crippen molar-refractivity contribution in [3.63, 3.8) is 0 Å². The molecular formula is C14H23NO. The van der Waals surface area contributed by atoms with Crippen molar-refractivity contribution in [2.45, 2.75) is 46.2 Å². The zero-order chi connectivity index (χ0) is 12.1. The Morgan fingerprint density at radius 2 is 1.88 bits per heavy atom. The van der Waals surface area contributed by atoms with Gasteiger partial charge in [-0.1, -0.05) is 39.8 Å². The van der Waals surface area contributed by atoms with Crippen LogP contribution in [0.15, 0.2) is 18.2 Å². The zero-order valence-electron chi connectivity index (χ0n) is 11.0. The van der Waals surface area contributed by atoms with Gasteiger partial charge in [-0.3, -0.25) is 0 Å². The Labute approximate surface area is 99.0 Å². The van der Waals surface area contributed by atoms with E-state index in [0.29, 0.717) is 12.0 Å². The van der Waals surface area contributed by atoms with Gasteiger partial charge in [0.25, 0.3) is 0 Å². The highest BCUT2D eigenvalue weighted by atomic mass is 16.5. The van der Waals surface area contributed by atoms with Gasteiger partial charge in [-0.2, -0.15) is 0 Å². The summed E-state index contributed by atoms with van der Waals surface area (Å²) in [5.41, 5.74) is 2.55. The van der Waals surface area contributed by atoms with Gasteiger partial charge in [-0.05, 0) is 17.5 Å². The Hall–Kier alpha value is -1.02. The van der Waals surface area contributed by atoms with Gasteiger partial charge in [0.2, 0.25) is 0 Å². The van der Waals surface area contributed by atoms with E-state index in [1.54, 1.807) is 7.11 Å². The molecule has 1 aromatic carbocycles. The molecule has 0 unspecified atom stereocenters. The Bertz CT molecular complexity index is 332. The number of nitrogens with one attached hydrogen (secondary N) is 1. The number of benzene rings is 1. The fourth-order valence-electron chi connectivity index (χ4n) is 1.58. The van der Waals surface area contributed by atoms with Gasteiger partial charge in [-0.15, -0.1) is 0 Å². The molecule has 0 amide bonds.